The summed E-state index contributed by atoms with van der Waals surface area (Å²) in [5, 5.41) is 3.86. The zero-order valence-electron chi connectivity index (χ0n) is 15.9. The molecule has 1 fully saturated rings. The Balaban J connectivity index is 1.93. The number of para-hydroxylation sites is 1. The van der Waals surface area contributed by atoms with Gasteiger partial charge in [-0.25, -0.2) is 9.97 Å². The molecule has 1 aliphatic rings. The van der Waals surface area contributed by atoms with Gasteiger partial charge < -0.3 is 9.80 Å². The number of rotatable bonds is 2. The van der Waals surface area contributed by atoms with Gasteiger partial charge in [0.2, 0.25) is 11.9 Å². The van der Waals surface area contributed by atoms with E-state index < -0.39 is 0 Å². The van der Waals surface area contributed by atoms with Crippen LogP contribution in [0.2, 0.25) is 0 Å². The highest BCUT2D eigenvalue weighted by Gasteiger charge is 2.24. The van der Waals surface area contributed by atoms with E-state index in [0.29, 0.717) is 17.9 Å². The molecule has 1 saturated heterocycles. The molecule has 2 aromatic rings. The van der Waals surface area contributed by atoms with Crippen LogP contribution in [0.4, 0.5) is 5.95 Å². The maximum Gasteiger partial charge on any atom is 0.253 e. The number of aryl methyl sites for hydroxylation is 1. The summed E-state index contributed by atoms with van der Waals surface area (Å²) in [5.74, 6) is 0.715. The summed E-state index contributed by atoms with van der Waals surface area (Å²) in [6, 6.07) is 8.19. The van der Waals surface area contributed by atoms with Crippen LogP contribution in [0.5, 0.6) is 0 Å². The molecule has 2 heterocycles. The molecule has 0 saturated carbocycles. The van der Waals surface area contributed by atoms with Crippen LogP contribution in [0, 0.1) is 6.92 Å². The van der Waals surface area contributed by atoms with Gasteiger partial charge in [-0.05, 0) is 46.0 Å². The molecular formula is C19H26N6O. The summed E-state index contributed by atoms with van der Waals surface area (Å²) >= 11 is 0. The van der Waals surface area contributed by atoms with Gasteiger partial charge in [0.25, 0.3) is 5.95 Å². The van der Waals surface area contributed by atoms with Gasteiger partial charge in [-0.3, -0.25) is 10.1 Å². The first-order chi connectivity index (χ1) is 12.4. The number of hydrogen-bond acceptors (Lipinski definition) is 5. The van der Waals surface area contributed by atoms with Crippen LogP contribution in [0.3, 0.4) is 0 Å². The number of nitrogens with one attached hydrogen (secondary N) is 1. The maximum atomic E-state index is 11.7. The fraction of sp³-hybridized carbons (Fsp3) is 0.474. The molecule has 3 rings (SSSR count). The van der Waals surface area contributed by atoms with Gasteiger partial charge in [0.1, 0.15) is 0 Å². The van der Waals surface area contributed by atoms with Crippen LogP contribution in [0.1, 0.15) is 25.5 Å². The van der Waals surface area contributed by atoms with Gasteiger partial charge in [0, 0.05) is 25.4 Å². The number of carbonyl (C=O) groups is 1. The number of aromatic nitrogens is 2. The Morgan fingerprint density at radius 1 is 1.27 bits per heavy atom. The van der Waals surface area contributed by atoms with Crippen LogP contribution in [0.25, 0.3) is 10.9 Å². The Morgan fingerprint density at radius 3 is 2.65 bits per heavy atom. The highest BCUT2D eigenvalue weighted by Crippen LogP contribution is 2.19. The van der Waals surface area contributed by atoms with E-state index in [0.717, 1.165) is 42.5 Å². The molecule has 0 unspecified atom stereocenters. The molecule has 0 radical (unpaired) electrons. The molecule has 0 atom stereocenters. The molecule has 0 aliphatic carbocycles. The van der Waals surface area contributed by atoms with Crippen LogP contribution in [0.15, 0.2) is 29.3 Å². The van der Waals surface area contributed by atoms with E-state index in [1.165, 1.54) is 6.92 Å². The summed E-state index contributed by atoms with van der Waals surface area (Å²) in [6.45, 7) is 5.51. The number of nitrogens with zero attached hydrogens (tertiary/aromatic N) is 5. The predicted molar refractivity (Wildman–Crippen MR) is 103 cm³/mol. The van der Waals surface area contributed by atoms with Crippen molar-refractivity contribution in [1.82, 2.24) is 25.1 Å². The van der Waals surface area contributed by atoms with Crippen molar-refractivity contribution in [2.45, 2.75) is 32.7 Å². The van der Waals surface area contributed by atoms with E-state index >= 15 is 0 Å². The fourth-order valence-corrected chi connectivity index (χ4v) is 3.27. The third kappa shape index (κ3) is 4.16. The number of guanidine groups is 1. The van der Waals surface area contributed by atoms with Crippen LogP contribution in [-0.2, 0) is 4.79 Å². The lowest BCUT2D eigenvalue weighted by Crippen LogP contribution is -2.49. The second kappa shape index (κ2) is 7.78. The molecule has 138 valence electrons. The first-order valence-electron chi connectivity index (χ1n) is 8.95. The van der Waals surface area contributed by atoms with E-state index in [1.54, 1.807) is 0 Å². The average molecular weight is 354 g/mol. The number of piperidine rings is 1. The summed E-state index contributed by atoms with van der Waals surface area (Å²) in [5.41, 5.74) is 1.72. The van der Waals surface area contributed by atoms with Gasteiger partial charge in [0.15, 0.2) is 0 Å². The largest absolute Gasteiger partial charge is 0.342 e. The summed E-state index contributed by atoms with van der Waals surface area (Å²) < 4.78 is 0. The van der Waals surface area contributed by atoms with Crippen LogP contribution < -0.4 is 5.32 Å². The topological polar surface area (TPSA) is 73.7 Å². The number of aliphatic imine (C=N–C) groups is 1. The average Bonchev–Trinajstić information content (AvgIpc) is 2.61. The third-order valence-electron chi connectivity index (χ3n) is 4.85. The molecule has 26 heavy (non-hydrogen) atoms. The first kappa shape index (κ1) is 18.3. The third-order valence-corrected chi connectivity index (χ3v) is 4.85. The van der Waals surface area contributed by atoms with Crippen LogP contribution >= 0.6 is 0 Å². The molecule has 1 N–H and O–H groups in total. The lowest BCUT2D eigenvalue weighted by Gasteiger charge is -2.36. The number of benzene rings is 1. The van der Waals surface area contributed by atoms with Gasteiger partial charge in [0.05, 0.1) is 11.2 Å². The van der Waals surface area contributed by atoms with E-state index in [9.17, 15) is 4.79 Å². The SMILES string of the molecule is CC(=O)N/C(=N\c1nc(C)c2ccccc2n1)N(C)C1CCN(C)CC1. The molecule has 1 amide bonds. The Bertz CT molecular complexity index is 826. The smallest absolute Gasteiger partial charge is 0.253 e. The van der Waals surface area contributed by atoms with Crippen molar-refractivity contribution in [3.8, 4) is 0 Å². The summed E-state index contributed by atoms with van der Waals surface area (Å²) in [4.78, 5) is 29.7. The normalized spacial score (nSPS) is 16.7. The quantitative estimate of drug-likeness (QED) is 0.660. The monoisotopic (exact) mass is 354 g/mol. The second-order valence-electron chi connectivity index (χ2n) is 6.89. The lowest BCUT2D eigenvalue weighted by molar-refractivity contribution is -0.117. The van der Waals surface area contributed by atoms with Crippen molar-refractivity contribution >= 4 is 28.7 Å². The minimum Gasteiger partial charge on any atom is -0.342 e. The molecule has 1 aliphatic heterocycles. The van der Waals surface area contributed by atoms with Crippen molar-refractivity contribution in [1.29, 1.82) is 0 Å². The van der Waals surface area contributed by atoms with E-state index in [2.05, 4.69) is 32.2 Å². The van der Waals surface area contributed by atoms with Crippen molar-refractivity contribution in [2.75, 3.05) is 27.2 Å². The lowest BCUT2D eigenvalue weighted by atomic mass is 10.0. The number of fused-ring (bicyclic) bond motifs is 1. The standard InChI is InChI=1S/C19H26N6O/c1-13-16-7-5-6-8-17(16)22-18(20-13)23-19(21-14(2)26)25(4)15-9-11-24(3)12-10-15/h5-8,15H,9-12H2,1-4H3,(H,20,21,22,23,26). The van der Waals surface area contributed by atoms with Gasteiger partial charge in [-0.2, -0.15) is 4.99 Å². The number of hydrogen-bond donors (Lipinski definition) is 1. The molecular weight excluding hydrogens is 328 g/mol. The number of carbonyl (C=O) groups excluding carboxylic acids is 1. The number of amides is 1. The fourth-order valence-electron chi connectivity index (χ4n) is 3.27. The van der Waals surface area contributed by atoms with E-state index in [1.807, 2.05) is 43.1 Å². The summed E-state index contributed by atoms with van der Waals surface area (Å²) in [6.07, 6.45) is 2.06. The van der Waals surface area contributed by atoms with Crippen molar-refractivity contribution in [3.63, 3.8) is 0 Å². The molecule has 0 spiro atoms. The Labute approximate surface area is 154 Å². The van der Waals surface area contributed by atoms with E-state index in [4.69, 9.17) is 0 Å². The van der Waals surface area contributed by atoms with Crippen molar-refractivity contribution < 1.29 is 4.79 Å². The van der Waals surface area contributed by atoms with Crippen molar-refractivity contribution in [2.24, 2.45) is 4.99 Å². The van der Waals surface area contributed by atoms with Crippen molar-refractivity contribution in [3.05, 3.63) is 30.0 Å². The van der Waals surface area contributed by atoms with Gasteiger partial charge in [-0.1, -0.05) is 18.2 Å². The summed E-state index contributed by atoms with van der Waals surface area (Å²) in [7, 11) is 4.10. The Morgan fingerprint density at radius 2 is 1.96 bits per heavy atom. The maximum absolute atomic E-state index is 11.7. The Kier molecular flexibility index (Phi) is 5.46. The second-order valence-corrected chi connectivity index (χ2v) is 6.89. The molecule has 7 nitrogen and oxygen atoms in total. The predicted octanol–water partition coefficient (Wildman–Crippen LogP) is 2.09. The molecule has 0 bridgehead atoms. The zero-order valence-corrected chi connectivity index (χ0v) is 15.9. The highest BCUT2D eigenvalue weighted by atomic mass is 16.1. The van der Waals surface area contributed by atoms with Gasteiger partial charge >= 0.3 is 0 Å². The minimum absolute atomic E-state index is 0.152. The van der Waals surface area contributed by atoms with Gasteiger partial charge in [-0.15, -0.1) is 0 Å². The molecule has 1 aromatic carbocycles. The zero-order chi connectivity index (χ0) is 18.7. The first-order valence-corrected chi connectivity index (χ1v) is 8.95. The highest BCUT2D eigenvalue weighted by molar-refractivity contribution is 5.97. The Hall–Kier alpha value is -2.54. The number of likely N-dealkylation sites (tertiary alicyclic amines) is 1. The van der Waals surface area contributed by atoms with Crippen LogP contribution in [-0.4, -0.2) is 64.9 Å². The van der Waals surface area contributed by atoms with E-state index in [-0.39, 0.29) is 5.91 Å². The minimum atomic E-state index is -0.152. The molecule has 7 heteroatoms. The molecule has 1 aromatic heterocycles.